The van der Waals surface area contributed by atoms with Crippen LogP contribution in [0.5, 0.6) is 0 Å². The molecular formula is C20H20N2O2. The summed E-state index contributed by atoms with van der Waals surface area (Å²) in [6.07, 6.45) is 8.90. The third-order valence-corrected chi connectivity index (χ3v) is 4.11. The SMILES string of the molecule is C=CC(=O)Nc1cccc(C2=CC(C)CC=C3NC(=O)CC3=C2)c1. The lowest BCUT2D eigenvalue weighted by Crippen LogP contribution is -2.12. The largest absolute Gasteiger partial charge is 0.326 e. The third-order valence-electron chi connectivity index (χ3n) is 4.11. The lowest BCUT2D eigenvalue weighted by atomic mass is 9.93. The molecular weight excluding hydrogens is 300 g/mol. The number of carbonyl (C=O) groups is 2. The van der Waals surface area contributed by atoms with Crippen LogP contribution < -0.4 is 10.6 Å². The number of hydrogen-bond acceptors (Lipinski definition) is 2. The summed E-state index contributed by atoms with van der Waals surface area (Å²) in [6, 6.07) is 7.70. The minimum absolute atomic E-state index is 0.0356. The molecule has 24 heavy (non-hydrogen) atoms. The van der Waals surface area contributed by atoms with Crippen molar-refractivity contribution in [2.45, 2.75) is 19.8 Å². The van der Waals surface area contributed by atoms with E-state index in [1.54, 1.807) is 0 Å². The highest BCUT2D eigenvalue weighted by molar-refractivity contribution is 5.99. The molecule has 1 heterocycles. The average molecular weight is 320 g/mol. The van der Waals surface area contributed by atoms with E-state index >= 15 is 0 Å². The van der Waals surface area contributed by atoms with Crippen molar-refractivity contribution < 1.29 is 9.59 Å². The molecule has 2 N–H and O–H groups in total. The first-order valence-corrected chi connectivity index (χ1v) is 8.02. The number of nitrogens with one attached hydrogen (secondary N) is 2. The molecule has 122 valence electrons. The lowest BCUT2D eigenvalue weighted by Gasteiger charge is -2.14. The van der Waals surface area contributed by atoms with E-state index in [4.69, 9.17) is 0 Å². The zero-order chi connectivity index (χ0) is 17.1. The summed E-state index contributed by atoms with van der Waals surface area (Å²) in [5.41, 5.74) is 4.74. The van der Waals surface area contributed by atoms with Gasteiger partial charge in [-0.25, -0.2) is 0 Å². The molecule has 2 aliphatic rings. The Morgan fingerprint density at radius 2 is 2.25 bits per heavy atom. The van der Waals surface area contributed by atoms with Gasteiger partial charge in [-0.3, -0.25) is 9.59 Å². The van der Waals surface area contributed by atoms with Gasteiger partial charge in [0, 0.05) is 11.4 Å². The molecule has 0 aromatic heterocycles. The van der Waals surface area contributed by atoms with Gasteiger partial charge in [-0.05, 0) is 53.3 Å². The summed E-state index contributed by atoms with van der Waals surface area (Å²) in [5.74, 6) is 0.156. The van der Waals surface area contributed by atoms with Crippen LogP contribution in [-0.4, -0.2) is 11.8 Å². The Hall–Kier alpha value is -2.88. The predicted octanol–water partition coefficient (Wildman–Crippen LogP) is 3.56. The standard InChI is InChI=1S/C20H20N2O2/c1-3-19(23)21-17-6-4-5-14(11-17)15-9-13(2)7-8-18-16(10-15)12-20(24)22-18/h3-6,8-11,13H,1,7,12H2,2H3,(H,21,23)(H,22,24). The van der Waals surface area contributed by atoms with E-state index in [2.05, 4.69) is 42.4 Å². The molecule has 0 radical (unpaired) electrons. The fourth-order valence-electron chi connectivity index (χ4n) is 2.92. The Kier molecular flexibility index (Phi) is 4.47. The second kappa shape index (κ2) is 6.71. The van der Waals surface area contributed by atoms with Gasteiger partial charge in [0.2, 0.25) is 11.8 Å². The van der Waals surface area contributed by atoms with Gasteiger partial charge in [-0.2, -0.15) is 0 Å². The maximum Gasteiger partial charge on any atom is 0.247 e. The van der Waals surface area contributed by atoms with E-state index in [-0.39, 0.29) is 11.8 Å². The molecule has 1 aromatic rings. The third kappa shape index (κ3) is 3.54. The first kappa shape index (κ1) is 16.0. The van der Waals surface area contributed by atoms with Crippen molar-refractivity contribution in [1.29, 1.82) is 0 Å². The number of anilines is 1. The molecule has 1 saturated heterocycles. The summed E-state index contributed by atoms with van der Waals surface area (Å²) in [6.45, 7) is 5.62. The zero-order valence-corrected chi connectivity index (χ0v) is 13.6. The van der Waals surface area contributed by atoms with Gasteiger partial charge in [-0.15, -0.1) is 0 Å². The van der Waals surface area contributed by atoms with E-state index in [1.165, 1.54) is 6.08 Å². The second-order valence-electron chi connectivity index (χ2n) is 6.12. The Morgan fingerprint density at radius 1 is 1.42 bits per heavy atom. The highest BCUT2D eigenvalue weighted by atomic mass is 16.2. The van der Waals surface area contributed by atoms with Crippen LogP contribution >= 0.6 is 0 Å². The number of rotatable bonds is 3. The molecule has 3 rings (SSSR count). The number of carbonyl (C=O) groups excluding carboxylic acids is 2. The van der Waals surface area contributed by atoms with E-state index in [9.17, 15) is 9.59 Å². The minimum Gasteiger partial charge on any atom is -0.326 e. The number of hydrogen-bond donors (Lipinski definition) is 2. The van der Waals surface area contributed by atoms with Crippen LogP contribution in [0.3, 0.4) is 0 Å². The Balaban J connectivity index is 1.97. The van der Waals surface area contributed by atoms with E-state index in [0.717, 1.165) is 34.5 Å². The molecule has 1 aromatic carbocycles. The second-order valence-corrected chi connectivity index (χ2v) is 6.12. The maximum absolute atomic E-state index is 11.7. The normalized spacial score (nSPS) is 19.8. The molecule has 0 saturated carbocycles. The van der Waals surface area contributed by atoms with Crippen molar-refractivity contribution in [2.24, 2.45) is 5.92 Å². The Labute approximate surface area is 141 Å². The van der Waals surface area contributed by atoms with Crippen molar-refractivity contribution in [3.05, 3.63) is 72.0 Å². The molecule has 4 heteroatoms. The summed E-state index contributed by atoms with van der Waals surface area (Å²) < 4.78 is 0. The highest BCUT2D eigenvalue weighted by Gasteiger charge is 2.22. The smallest absolute Gasteiger partial charge is 0.247 e. The molecule has 1 fully saturated rings. The number of benzene rings is 1. The van der Waals surface area contributed by atoms with E-state index < -0.39 is 0 Å². The monoisotopic (exact) mass is 320 g/mol. The van der Waals surface area contributed by atoms with Gasteiger partial charge in [0.1, 0.15) is 0 Å². The molecule has 1 aliphatic heterocycles. The van der Waals surface area contributed by atoms with Gasteiger partial charge in [0.05, 0.1) is 6.42 Å². The summed E-state index contributed by atoms with van der Waals surface area (Å²) in [4.78, 5) is 23.2. The molecule has 1 aliphatic carbocycles. The van der Waals surface area contributed by atoms with E-state index in [1.807, 2.05) is 24.3 Å². The predicted molar refractivity (Wildman–Crippen MR) is 96.0 cm³/mol. The summed E-state index contributed by atoms with van der Waals surface area (Å²) >= 11 is 0. The maximum atomic E-state index is 11.7. The molecule has 0 spiro atoms. The van der Waals surface area contributed by atoms with Gasteiger partial charge in [0.25, 0.3) is 0 Å². The van der Waals surface area contributed by atoms with E-state index in [0.29, 0.717) is 12.3 Å². The number of amides is 2. The first-order valence-electron chi connectivity index (χ1n) is 8.02. The number of allylic oxidation sites excluding steroid dienone is 5. The number of fused-ring (bicyclic) bond motifs is 1. The first-order chi connectivity index (χ1) is 11.5. The fraction of sp³-hybridized carbons (Fsp3) is 0.200. The summed E-state index contributed by atoms with van der Waals surface area (Å²) in [7, 11) is 0. The average Bonchev–Trinajstić information content (AvgIpc) is 2.90. The van der Waals surface area contributed by atoms with Crippen molar-refractivity contribution in [2.75, 3.05) is 5.32 Å². The van der Waals surface area contributed by atoms with Crippen LogP contribution in [0.25, 0.3) is 5.57 Å². The van der Waals surface area contributed by atoms with Crippen LogP contribution in [0.15, 0.2) is 66.4 Å². The quantitative estimate of drug-likeness (QED) is 0.837. The topological polar surface area (TPSA) is 58.2 Å². The molecule has 0 bridgehead atoms. The van der Waals surface area contributed by atoms with Crippen LogP contribution in [0.1, 0.15) is 25.3 Å². The molecule has 4 nitrogen and oxygen atoms in total. The zero-order valence-electron chi connectivity index (χ0n) is 13.6. The molecule has 2 amide bonds. The Morgan fingerprint density at radius 3 is 3.04 bits per heavy atom. The van der Waals surface area contributed by atoms with Crippen molar-refractivity contribution >= 4 is 23.1 Å². The summed E-state index contributed by atoms with van der Waals surface area (Å²) in [5, 5.41) is 5.70. The van der Waals surface area contributed by atoms with Gasteiger partial charge in [-0.1, -0.05) is 37.8 Å². The Bertz CT molecular complexity index is 800. The van der Waals surface area contributed by atoms with Gasteiger partial charge >= 0.3 is 0 Å². The van der Waals surface area contributed by atoms with Crippen molar-refractivity contribution in [3.63, 3.8) is 0 Å². The lowest BCUT2D eigenvalue weighted by molar-refractivity contribution is -0.118. The van der Waals surface area contributed by atoms with Crippen LogP contribution in [-0.2, 0) is 9.59 Å². The molecule has 1 unspecified atom stereocenters. The van der Waals surface area contributed by atoms with Crippen LogP contribution in [0.4, 0.5) is 5.69 Å². The van der Waals surface area contributed by atoms with Crippen molar-refractivity contribution in [3.8, 4) is 0 Å². The minimum atomic E-state index is -0.235. The van der Waals surface area contributed by atoms with Gasteiger partial charge < -0.3 is 10.6 Å². The van der Waals surface area contributed by atoms with Gasteiger partial charge in [0.15, 0.2) is 0 Å². The van der Waals surface area contributed by atoms with Crippen LogP contribution in [0.2, 0.25) is 0 Å². The fourth-order valence-corrected chi connectivity index (χ4v) is 2.92. The highest BCUT2D eigenvalue weighted by Crippen LogP contribution is 2.30. The van der Waals surface area contributed by atoms with Crippen molar-refractivity contribution in [1.82, 2.24) is 5.32 Å². The molecule has 1 atom stereocenters. The van der Waals surface area contributed by atoms with Crippen LogP contribution in [0, 0.1) is 5.92 Å².